The van der Waals surface area contributed by atoms with Crippen LogP contribution in [0.2, 0.25) is 5.02 Å². The van der Waals surface area contributed by atoms with Crippen LogP contribution >= 0.6 is 11.6 Å². The Bertz CT molecular complexity index is 661. The van der Waals surface area contributed by atoms with E-state index in [-0.39, 0.29) is 11.9 Å². The average molecular weight is 324 g/mol. The summed E-state index contributed by atoms with van der Waals surface area (Å²) in [4.78, 5) is 12.1. The van der Waals surface area contributed by atoms with Gasteiger partial charge in [0, 0.05) is 19.2 Å². The highest BCUT2D eigenvalue weighted by Crippen LogP contribution is 2.19. The van der Waals surface area contributed by atoms with Crippen LogP contribution in [0.5, 0.6) is 0 Å². The Morgan fingerprint density at radius 2 is 2.14 bits per heavy atom. The molecule has 2 aromatic heterocycles. The van der Waals surface area contributed by atoms with Crippen molar-refractivity contribution in [3.05, 3.63) is 34.4 Å². The van der Waals surface area contributed by atoms with Gasteiger partial charge in [-0.2, -0.15) is 10.2 Å². The van der Waals surface area contributed by atoms with Gasteiger partial charge >= 0.3 is 0 Å². The fourth-order valence-corrected chi connectivity index (χ4v) is 2.60. The normalized spacial score (nSPS) is 12.4. The van der Waals surface area contributed by atoms with Gasteiger partial charge in [0.25, 0.3) is 0 Å². The van der Waals surface area contributed by atoms with Gasteiger partial charge < -0.3 is 5.32 Å². The van der Waals surface area contributed by atoms with Crippen molar-refractivity contribution in [2.45, 2.75) is 53.2 Å². The summed E-state index contributed by atoms with van der Waals surface area (Å²) in [5.41, 5.74) is 2.69. The van der Waals surface area contributed by atoms with Crippen molar-refractivity contribution < 1.29 is 4.79 Å². The molecular weight excluding hydrogens is 302 g/mol. The summed E-state index contributed by atoms with van der Waals surface area (Å²) in [5.74, 6) is -0.0139. The molecule has 1 amide bonds. The molecule has 22 heavy (non-hydrogen) atoms. The molecule has 1 unspecified atom stereocenters. The smallest absolute Gasteiger partial charge is 0.222 e. The molecule has 0 radical (unpaired) electrons. The molecule has 0 saturated heterocycles. The molecule has 0 aliphatic carbocycles. The molecule has 0 fully saturated rings. The first-order valence-corrected chi connectivity index (χ1v) is 7.82. The molecule has 0 spiro atoms. The van der Waals surface area contributed by atoms with Gasteiger partial charge in [-0.05, 0) is 33.8 Å². The molecular formula is C15H22ClN5O. The van der Waals surface area contributed by atoms with E-state index in [1.807, 2.05) is 38.4 Å². The van der Waals surface area contributed by atoms with E-state index < -0.39 is 0 Å². The molecule has 2 rings (SSSR count). The molecule has 0 bridgehead atoms. The van der Waals surface area contributed by atoms with E-state index in [0.29, 0.717) is 18.0 Å². The number of aromatic nitrogens is 4. The van der Waals surface area contributed by atoms with Crippen LogP contribution in [-0.2, 0) is 17.9 Å². The zero-order chi connectivity index (χ0) is 16.3. The van der Waals surface area contributed by atoms with Gasteiger partial charge in [0.2, 0.25) is 5.91 Å². The third kappa shape index (κ3) is 3.50. The highest BCUT2D eigenvalue weighted by atomic mass is 35.5. The fourth-order valence-electron chi connectivity index (χ4n) is 2.46. The number of rotatable bonds is 6. The molecule has 6 nitrogen and oxygen atoms in total. The predicted molar refractivity (Wildman–Crippen MR) is 85.8 cm³/mol. The highest BCUT2D eigenvalue weighted by molar-refractivity contribution is 6.31. The summed E-state index contributed by atoms with van der Waals surface area (Å²) < 4.78 is 3.66. The summed E-state index contributed by atoms with van der Waals surface area (Å²) in [5, 5.41) is 12.2. The molecule has 2 aromatic rings. The lowest BCUT2D eigenvalue weighted by Crippen LogP contribution is -2.29. The first-order valence-electron chi connectivity index (χ1n) is 7.44. The third-order valence-corrected chi connectivity index (χ3v) is 4.26. The van der Waals surface area contributed by atoms with Crippen molar-refractivity contribution in [1.29, 1.82) is 0 Å². The number of aryl methyl sites for hydroxylation is 3. The molecule has 0 aliphatic rings. The Morgan fingerprint density at radius 1 is 1.41 bits per heavy atom. The minimum Gasteiger partial charge on any atom is -0.348 e. The van der Waals surface area contributed by atoms with Gasteiger partial charge in [-0.25, -0.2) is 0 Å². The first-order chi connectivity index (χ1) is 10.4. The quantitative estimate of drug-likeness (QED) is 0.888. The number of hydrogen-bond acceptors (Lipinski definition) is 3. The number of carbonyl (C=O) groups is 1. The van der Waals surface area contributed by atoms with Crippen LogP contribution < -0.4 is 5.32 Å². The molecule has 0 saturated carbocycles. The van der Waals surface area contributed by atoms with Crippen LogP contribution in [0.25, 0.3) is 0 Å². The Kier molecular flexibility index (Phi) is 5.24. The average Bonchev–Trinajstić information content (AvgIpc) is 3.06. The topological polar surface area (TPSA) is 64.7 Å². The zero-order valence-corrected chi connectivity index (χ0v) is 14.2. The molecule has 0 aliphatic heterocycles. The van der Waals surface area contributed by atoms with Crippen LogP contribution in [0.3, 0.4) is 0 Å². The predicted octanol–water partition coefficient (Wildman–Crippen LogP) is 2.64. The van der Waals surface area contributed by atoms with Gasteiger partial charge in [-0.15, -0.1) is 0 Å². The first kappa shape index (κ1) is 16.5. The number of halogens is 1. The maximum Gasteiger partial charge on any atom is 0.222 e. The number of nitrogens with zero attached hydrogens (tertiary/aromatic N) is 4. The Hall–Kier alpha value is -1.82. The monoisotopic (exact) mass is 323 g/mol. The molecule has 120 valence electrons. The van der Waals surface area contributed by atoms with Gasteiger partial charge in [0.05, 0.1) is 34.7 Å². The second-order valence-corrected chi connectivity index (χ2v) is 5.70. The summed E-state index contributed by atoms with van der Waals surface area (Å²) in [7, 11) is 0. The van der Waals surface area contributed by atoms with Crippen molar-refractivity contribution >= 4 is 17.5 Å². The summed E-state index contributed by atoms with van der Waals surface area (Å²) in [6.45, 7) is 9.05. The maximum atomic E-state index is 12.1. The Morgan fingerprint density at radius 3 is 2.73 bits per heavy atom. The lowest BCUT2D eigenvalue weighted by Gasteiger charge is -2.15. The van der Waals surface area contributed by atoms with E-state index in [1.54, 1.807) is 10.9 Å². The highest BCUT2D eigenvalue weighted by Gasteiger charge is 2.14. The molecule has 1 N–H and O–H groups in total. The SMILES string of the molecule is CCn1nccc1C(C)NC(=O)CCn1nc(C)c(Cl)c1C. The van der Waals surface area contributed by atoms with E-state index in [9.17, 15) is 4.79 Å². The van der Waals surface area contributed by atoms with Crippen molar-refractivity contribution in [3.63, 3.8) is 0 Å². The van der Waals surface area contributed by atoms with Crippen molar-refractivity contribution in [1.82, 2.24) is 24.9 Å². The van der Waals surface area contributed by atoms with Crippen LogP contribution in [0.4, 0.5) is 0 Å². The van der Waals surface area contributed by atoms with E-state index in [4.69, 9.17) is 11.6 Å². The Labute approximate surface area is 135 Å². The number of nitrogens with one attached hydrogen (secondary N) is 1. The Balaban J connectivity index is 1.91. The van der Waals surface area contributed by atoms with Crippen LogP contribution in [0, 0.1) is 13.8 Å². The number of carbonyl (C=O) groups excluding carboxylic acids is 1. The van der Waals surface area contributed by atoms with Gasteiger partial charge in [0.15, 0.2) is 0 Å². The zero-order valence-electron chi connectivity index (χ0n) is 13.4. The number of hydrogen-bond donors (Lipinski definition) is 1. The summed E-state index contributed by atoms with van der Waals surface area (Å²) >= 11 is 6.11. The van der Waals surface area contributed by atoms with Crippen molar-refractivity contribution in [3.8, 4) is 0 Å². The van der Waals surface area contributed by atoms with Crippen LogP contribution in [0.15, 0.2) is 12.3 Å². The fraction of sp³-hybridized carbons (Fsp3) is 0.533. The maximum absolute atomic E-state index is 12.1. The van der Waals surface area contributed by atoms with E-state index in [0.717, 1.165) is 23.6 Å². The standard InChI is InChI=1S/C15H22ClN5O/c1-5-20-13(6-8-17-20)10(2)18-14(22)7-9-21-12(4)15(16)11(3)19-21/h6,8,10H,5,7,9H2,1-4H3,(H,18,22). The largest absolute Gasteiger partial charge is 0.348 e. The van der Waals surface area contributed by atoms with E-state index in [2.05, 4.69) is 15.5 Å². The second-order valence-electron chi connectivity index (χ2n) is 5.32. The summed E-state index contributed by atoms with van der Waals surface area (Å²) in [6.07, 6.45) is 2.11. The van der Waals surface area contributed by atoms with Crippen molar-refractivity contribution in [2.24, 2.45) is 0 Å². The summed E-state index contributed by atoms with van der Waals surface area (Å²) in [6, 6.07) is 1.86. The van der Waals surface area contributed by atoms with E-state index in [1.165, 1.54) is 0 Å². The lowest BCUT2D eigenvalue weighted by molar-refractivity contribution is -0.122. The third-order valence-electron chi connectivity index (χ3n) is 3.71. The number of amides is 1. The van der Waals surface area contributed by atoms with E-state index >= 15 is 0 Å². The van der Waals surface area contributed by atoms with Gasteiger partial charge in [-0.3, -0.25) is 14.2 Å². The van der Waals surface area contributed by atoms with Gasteiger partial charge in [0.1, 0.15) is 0 Å². The molecule has 1 atom stereocenters. The second kappa shape index (κ2) is 6.96. The molecule has 2 heterocycles. The molecule has 7 heteroatoms. The molecule has 0 aromatic carbocycles. The van der Waals surface area contributed by atoms with Crippen LogP contribution in [0.1, 0.15) is 43.4 Å². The lowest BCUT2D eigenvalue weighted by atomic mass is 10.2. The minimum absolute atomic E-state index is 0.0139. The minimum atomic E-state index is -0.0704. The van der Waals surface area contributed by atoms with Gasteiger partial charge in [-0.1, -0.05) is 11.6 Å². The van der Waals surface area contributed by atoms with Crippen molar-refractivity contribution in [2.75, 3.05) is 0 Å². The van der Waals surface area contributed by atoms with Crippen LogP contribution in [-0.4, -0.2) is 25.5 Å².